The first-order valence-electron chi connectivity index (χ1n) is 8.84. The molecule has 1 aliphatic rings. The summed E-state index contributed by atoms with van der Waals surface area (Å²) in [4.78, 5) is 24.3. The van der Waals surface area contributed by atoms with Gasteiger partial charge in [-0.3, -0.25) is 9.59 Å². The van der Waals surface area contributed by atoms with E-state index in [0.29, 0.717) is 35.1 Å². The first-order chi connectivity index (χ1) is 13.4. The van der Waals surface area contributed by atoms with Crippen molar-refractivity contribution >= 4 is 17.5 Å². The summed E-state index contributed by atoms with van der Waals surface area (Å²) in [6, 6.07) is 11.8. The number of hydrogen-bond donors (Lipinski definition) is 3. The van der Waals surface area contributed by atoms with Gasteiger partial charge in [-0.2, -0.15) is 0 Å². The second-order valence-corrected chi connectivity index (χ2v) is 6.41. The molecule has 0 radical (unpaired) electrons. The monoisotopic (exact) mass is 386 g/mol. The summed E-state index contributed by atoms with van der Waals surface area (Å²) in [6.07, 6.45) is 0. The summed E-state index contributed by atoms with van der Waals surface area (Å²) in [5, 5.41) is 15.6. The lowest BCUT2D eigenvalue weighted by atomic mass is 9.95. The molecule has 1 atom stereocenters. The maximum atomic E-state index is 12.2. The number of aliphatic hydroxyl groups is 1. The summed E-state index contributed by atoms with van der Waals surface area (Å²) < 4.78 is 16.0. The number of anilines is 1. The van der Waals surface area contributed by atoms with Gasteiger partial charge in [0.05, 0.1) is 18.8 Å². The fourth-order valence-electron chi connectivity index (χ4n) is 2.70. The zero-order valence-electron chi connectivity index (χ0n) is 15.7. The van der Waals surface area contributed by atoms with Crippen molar-refractivity contribution in [2.24, 2.45) is 0 Å². The molecule has 2 aromatic carbocycles. The summed E-state index contributed by atoms with van der Waals surface area (Å²) in [5.41, 5.74) is -0.480. The molecule has 0 saturated heterocycles. The van der Waals surface area contributed by atoms with Crippen LogP contribution < -0.4 is 24.8 Å². The van der Waals surface area contributed by atoms with Crippen LogP contribution in [0.2, 0.25) is 0 Å². The molecule has 148 valence electrons. The number of benzene rings is 2. The van der Waals surface area contributed by atoms with Gasteiger partial charge in [-0.05, 0) is 43.7 Å². The molecule has 0 spiro atoms. The molecule has 0 unspecified atom stereocenters. The fraction of sp³-hybridized carbons (Fsp3) is 0.300. The Morgan fingerprint density at radius 2 is 1.89 bits per heavy atom. The van der Waals surface area contributed by atoms with E-state index in [-0.39, 0.29) is 13.3 Å². The minimum atomic E-state index is -1.40. The first-order valence-corrected chi connectivity index (χ1v) is 8.84. The SMILES string of the molecule is CCOc1ccccc1NC(=O)C(=O)NC[C@](C)(O)c1ccc2c(c1)OCO2. The minimum Gasteiger partial charge on any atom is -0.492 e. The molecular weight excluding hydrogens is 364 g/mol. The van der Waals surface area contributed by atoms with Gasteiger partial charge in [0.1, 0.15) is 11.4 Å². The third-order valence-electron chi connectivity index (χ3n) is 4.23. The lowest BCUT2D eigenvalue weighted by molar-refractivity contribution is -0.136. The van der Waals surface area contributed by atoms with Crippen molar-refractivity contribution < 1.29 is 28.9 Å². The second-order valence-electron chi connectivity index (χ2n) is 6.41. The van der Waals surface area contributed by atoms with Crippen LogP contribution in [-0.2, 0) is 15.2 Å². The molecule has 2 amide bonds. The molecule has 1 aliphatic heterocycles. The highest BCUT2D eigenvalue weighted by Gasteiger charge is 2.28. The summed E-state index contributed by atoms with van der Waals surface area (Å²) >= 11 is 0. The molecule has 28 heavy (non-hydrogen) atoms. The van der Waals surface area contributed by atoms with Crippen LogP contribution in [0.15, 0.2) is 42.5 Å². The normalized spacial score (nSPS) is 14.1. The van der Waals surface area contributed by atoms with Crippen LogP contribution in [0.3, 0.4) is 0 Å². The molecule has 8 nitrogen and oxygen atoms in total. The van der Waals surface area contributed by atoms with E-state index in [2.05, 4.69) is 10.6 Å². The van der Waals surface area contributed by atoms with Crippen LogP contribution in [0.4, 0.5) is 5.69 Å². The Balaban J connectivity index is 1.60. The molecule has 3 N–H and O–H groups in total. The molecule has 0 aliphatic carbocycles. The summed E-state index contributed by atoms with van der Waals surface area (Å²) in [5.74, 6) is -0.134. The Kier molecular flexibility index (Phi) is 5.70. The Morgan fingerprint density at radius 1 is 1.14 bits per heavy atom. The Morgan fingerprint density at radius 3 is 2.68 bits per heavy atom. The number of ether oxygens (including phenoxy) is 3. The topological polar surface area (TPSA) is 106 Å². The highest BCUT2D eigenvalue weighted by atomic mass is 16.7. The van der Waals surface area contributed by atoms with E-state index in [9.17, 15) is 14.7 Å². The van der Waals surface area contributed by atoms with E-state index in [0.717, 1.165) is 0 Å². The number of para-hydroxylation sites is 2. The third-order valence-corrected chi connectivity index (χ3v) is 4.23. The molecule has 0 bridgehead atoms. The average molecular weight is 386 g/mol. The van der Waals surface area contributed by atoms with Crippen molar-refractivity contribution in [3.63, 3.8) is 0 Å². The lowest BCUT2D eigenvalue weighted by Crippen LogP contribution is -2.43. The van der Waals surface area contributed by atoms with Crippen molar-refractivity contribution in [2.45, 2.75) is 19.4 Å². The number of rotatable bonds is 6. The maximum absolute atomic E-state index is 12.2. The van der Waals surface area contributed by atoms with Gasteiger partial charge in [0.25, 0.3) is 0 Å². The number of amides is 2. The van der Waals surface area contributed by atoms with Gasteiger partial charge >= 0.3 is 11.8 Å². The number of carbonyl (C=O) groups is 2. The second kappa shape index (κ2) is 8.18. The average Bonchev–Trinajstić information content (AvgIpc) is 3.15. The molecule has 0 fully saturated rings. The van der Waals surface area contributed by atoms with Crippen molar-refractivity contribution in [1.82, 2.24) is 5.32 Å². The van der Waals surface area contributed by atoms with Crippen molar-refractivity contribution in [1.29, 1.82) is 0 Å². The number of fused-ring (bicyclic) bond motifs is 1. The van der Waals surface area contributed by atoms with Crippen LogP contribution in [0.25, 0.3) is 0 Å². The third kappa shape index (κ3) is 4.34. The predicted molar refractivity (Wildman–Crippen MR) is 101 cm³/mol. The molecule has 3 rings (SSSR count). The van der Waals surface area contributed by atoms with Gasteiger partial charge in [-0.25, -0.2) is 0 Å². The fourth-order valence-corrected chi connectivity index (χ4v) is 2.70. The zero-order valence-corrected chi connectivity index (χ0v) is 15.7. The highest BCUT2D eigenvalue weighted by molar-refractivity contribution is 6.39. The predicted octanol–water partition coefficient (Wildman–Crippen LogP) is 1.78. The van der Waals surface area contributed by atoms with Gasteiger partial charge in [0, 0.05) is 0 Å². The quantitative estimate of drug-likeness (QED) is 0.654. The standard InChI is InChI=1S/C20H22N2O6/c1-3-26-15-7-5-4-6-14(15)22-19(24)18(23)21-11-20(2,25)13-8-9-16-17(10-13)28-12-27-16/h4-10,25H,3,11-12H2,1-2H3,(H,21,23)(H,22,24)/t20-/m0/s1. The minimum absolute atomic E-state index is 0.126. The number of hydrogen-bond acceptors (Lipinski definition) is 6. The molecular formula is C20H22N2O6. The molecule has 1 heterocycles. The van der Waals surface area contributed by atoms with Gasteiger partial charge in [0.2, 0.25) is 6.79 Å². The molecule has 8 heteroatoms. The Hall–Kier alpha value is -3.26. The largest absolute Gasteiger partial charge is 0.492 e. The molecule has 2 aromatic rings. The van der Waals surface area contributed by atoms with E-state index >= 15 is 0 Å². The van der Waals surface area contributed by atoms with Crippen LogP contribution >= 0.6 is 0 Å². The lowest BCUT2D eigenvalue weighted by Gasteiger charge is -2.24. The zero-order chi connectivity index (χ0) is 20.1. The van der Waals surface area contributed by atoms with Gasteiger partial charge < -0.3 is 30.0 Å². The first kappa shape index (κ1) is 19.5. The van der Waals surface area contributed by atoms with Crippen molar-refractivity contribution in [3.8, 4) is 17.2 Å². The van der Waals surface area contributed by atoms with Crippen molar-refractivity contribution in [3.05, 3.63) is 48.0 Å². The van der Waals surface area contributed by atoms with Crippen LogP contribution in [-0.4, -0.2) is 36.9 Å². The summed E-state index contributed by atoms with van der Waals surface area (Å²) in [7, 11) is 0. The molecule has 0 saturated carbocycles. The van der Waals surface area contributed by atoms with E-state index in [4.69, 9.17) is 14.2 Å². The number of carbonyl (C=O) groups excluding carboxylic acids is 2. The Bertz CT molecular complexity index is 881. The van der Waals surface area contributed by atoms with Gasteiger partial charge in [-0.1, -0.05) is 18.2 Å². The van der Waals surface area contributed by atoms with Gasteiger partial charge in [0.15, 0.2) is 11.5 Å². The van der Waals surface area contributed by atoms with Crippen molar-refractivity contribution in [2.75, 3.05) is 25.3 Å². The van der Waals surface area contributed by atoms with Crippen LogP contribution in [0.1, 0.15) is 19.4 Å². The van der Waals surface area contributed by atoms with Crippen LogP contribution in [0.5, 0.6) is 17.2 Å². The smallest absolute Gasteiger partial charge is 0.313 e. The highest BCUT2D eigenvalue weighted by Crippen LogP contribution is 2.35. The molecule has 0 aromatic heterocycles. The van der Waals surface area contributed by atoms with Gasteiger partial charge in [-0.15, -0.1) is 0 Å². The summed E-state index contributed by atoms with van der Waals surface area (Å²) in [6.45, 7) is 3.75. The van der Waals surface area contributed by atoms with E-state index < -0.39 is 17.4 Å². The number of nitrogens with one attached hydrogen (secondary N) is 2. The van der Waals surface area contributed by atoms with E-state index in [1.54, 1.807) is 42.5 Å². The van der Waals surface area contributed by atoms with E-state index in [1.807, 2.05) is 6.92 Å². The van der Waals surface area contributed by atoms with E-state index in [1.165, 1.54) is 6.92 Å². The maximum Gasteiger partial charge on any atom is 0.313 e. The van der Waals surface area contributed by atoms with Crippen LogP contribution in [0, 0.1) is 0 Å². The Labute approximate surface area is 162 Å².